The van der Waals surface area contributed by atoms with Gasteiger partial charge in [0.25, 0.3) is 0 Å². The lowest BCUT2D eigenvalue weighted by molar-refractivity contribution is -0.153. The molecule has 1 unspecified atom stereocenters. The maximum atomic E-state index is 12.7. The van der Waals surface area contributed by atoms with Gasteiger partial charge < -0.3 is 15.2 Å². The van der Waals surface area contributed by atoms with Crippen molar-refractivity contribution in [3.8, 4) is 0 Å². The summed E-state index contributed by atoms with van der Waals surface area (Å²) in [6.45, 7) is -0.412. The van der Waals surface area contributed by atoms with Crippen LogP contribution < -0.4 is 5.32 Å². The molecule has 2 N–H and O–H groups in total. The summed E-state index contributed by atoms with van der Waals surface area (Å²) in [6, 6.07) is -0.930. The Balaban J connectivity index is 1.72. The van der Waals surface area contributed by atoms with Crippen molar-refractivity contribution in [3.63, 3.8) is 0 Å². The van der Waals surface area contributed by atoms with Gasteiger partial charge in [-0.25, -0.2) is 4.79 Å². The highest BCUT2D eigenvalue weighted by molar-refractivity contribution is 5.88. The van der Waals surface area contributed by atoms with Crippen LogP contribution in [-0.4, -0.2) is 36.7 Å². The Kier molecular flexibility index (Phi) is 3.48. The number of aliphatic hydroxyl groups is 1. The molecule has 1 amide bonds. The topological polar surface area (TPSA) is 75.6 Å². The zero-order valence-electron chi connectivity index (χ0n) is 11.9. The molecule has 112 valence electrons. The summed E-state index contributed by atoms with van der Waals surface area (Å²) in [6.07, 6.45) is 6.66. The smallest absolute Gasteiger partial charge is 0.330 e. The van der Waals surface area contributed by atoms with Crippen LogP contribution in [0, 0.1) is 23.2 Å². The van der Waals surface area contributed by atoms with Crippen LogP contribution in [0.4, 0.5) is 0 Å². The quantitative estimate of drug-likeness (QED) is 0.749. The SMILES string of the molecule is COC(=O)C(CO)NC(=O)C12CC3CC(CC(C3)C1)C2. The van der Waals surface area contributed by atoms with Crippen LogP contribution in [0.2, 0.25) is 0 Å². The molecule has 5 nitrogen and oxygen atoms in total. The minimum absolute atomic E-state index is 0.0546. The molecule has 0 spiro atoms. The maximum absolute atomic E-state index is 12.7. The molecule has 1 atom stereocenters. The number of carbonyl (C=O) groups is 2. The van der Waals surface area contributed by atoms with E-state index in [0.29, 0.717) is 17.8 Å². The van der Waals surface area contributed by atoms with E-state index in [9.17, 15) is 14.7 Å². The summed E-state index contributed by atoms with van der Waals surface area (Å²) in [7, 11) is 1.27. The molecular weight excluding hydrogens is 258 g/mol. The highest BCUT2D eigenvalue weighted by Crippen LogP contribution is 2.60. The molecule has 0 saturated heterocycles. The second kappa shape index (κ2) is 5.02. The van der Waals surface area contributed by atoms with E-state index in [1.165, 1.54) is 26.4 Å². The molecular formula is C15H23NO4. The number of nitrogens with one attached hydrogen (secondary N) is 1. The zero-order valence-corrected chi connectivity index (χ0v) is 11.9. The molecule has 0 aromatic rings. The first kappa shape index (κ1) is 13.9. The summed E-state index contributed by atoms with van der Waals surface area (Å²) in [4.78, 5) is 24.2. The number of amides is 1. The number of ether oxygens (including phenoxy) is 1. The van der Waals surface area contributed by atoms with Crippen LogP contribution in [-0.2, 0) is 14.3 Å². The zero-order chi connectivity index (χ0) is 14.3. The van der Waals surface area contributed by atoms with E-state index in [0.717, 1.165) is 19.3 Å². The summed E-state index contributed by atoms with van der Waals surface area (Å²) in [5.74, 6) is 1.40. The molecule has 4 saturated carbocycles. The number of aliphatic hydroxyl groups excluding tert-OH is 1. The molecule has 0 aliphatic heterocycles. The Hall–Kier alpha value is -1.10. The van der Waals surface area contributed by atoms with Gasteiger partial charge in [-0.05, 0) is 56.3 Å². The van der Waals surface area contributed by atoms with Gasteiger partial charge in [-0.2, -0.15) is 0 Å². The molecule has 4 rings (SSSR count). The normalized spacial score (nSPS) is 39.4. The lowest BCUT2D eigenvalue weighted by atomic mass is 9.49. The maximum Gasteiger partial charge on any atom is 0.330 e. The van der Waals surface area contributed by atoms with Crippen molar-refractivity contribution in [2.75, 3.05) is 13.7 Å². The standard InChI is InChI=1S/C15H23NO4/c1-20-13(18)12(8-17)16-14(19)15-5-9-2-10(6-15)4-11(3-9)7-15/h9-12,17H,2-8H2,1H3,(H,16,19). The lowest BCUT2D eigenvalue weighted by Crippen LogP contribution is -2.57. The van der Waals surface area contributed by atoms with Crippen molar-refractivity contribution in [3.05, 3.63) is 0 Å². The average Bonchev–Trinajstić information content (AvgIpc) is 2.42. The fourth-order valence-electron chi connectivity index (χ4n) is 5.02. The molecule has 4 aliphatic rings. The third kappa shape index (κ3) is 2.22. The number of methoxy groups -OCH3 is 1. The van der Waals surface area contributed by atoms with Crippen molar-refractivity contribution in [2.24, 2.45) is 23.2 Å². The second-order valence-corrected chi connectivity index (χ2v) is 6.93. The largest absolute Gasteiger partial charge is 0.467 e. The molecule has 20 heavy (non-hydrogen) atoms. The van der Waals surface area contributed by atoms with E-state index >= 15 is 0 Å². The highest BCUT2D eigenvalue weighted by atomic mass is 16.5. The molecule has 4 aliphatic carbocycles. The highest BCUT2D eigenvalue weighted by Gasteiger charge is 2.54. The summed E-state index contributed by atoms with van der Waals surface area (Å²) in [5, 5.41) is 12.0. The van der Waals surface area contributed by atoms with Gasteiger partial charge in [0.2, 0.25) is 5.91 Å². The minimum Gasteiger partial charge on any atom is -0.467 e. The minimum atomic E-state index is -0.930. The van der Waals surface area contributed by atoms with Crippen molar-refractivity contribution in [1.82, 2.24) is 5.32 Å². The van der Waals surface area contributed by atoms with Crippen LogP contribution in [0.3, 0.4) is 0 Å². The van der Waals surface area contributed by atoms with Gasteiger partial charge in [-0.3, -0.25) is 4.79 Å². The van der Waals surface area contributed by atoms with Crippen molar-refractivity contribution in [1.29, 1.82) is 0 Å². The first-order valence-corrected chi connectivity index (χ1v) is 7.56. The van der Waals surface area contributed by atoms with Crippen LogP contribution in [0.5, 0.6) is 0 Å². The van der Waals surface area contributed by atoms with Gasteiger partial charge >= 0.3 is 5.97 Å². The van der Waals surface area contributed by atoms with Gasteiger partial charge in [-0.15, -0.1) is 0 Å². The molecule has 4 bridgehead atoms. The molecule has 0 heterocycles. The number of esters is 1. The molecule has 5 heteroatoms. The molecule has 0 radical (unpaired) electrons. The molecule has 0 aromatic heterocycles. The third-order valence-corrected chi connectivity index (χ3v) is 5.49. The summed E-state index contributed by atoms with van der Waals surface area (Å²) < 4.78 is 4.61. The van der Waals surface area contributed by atoms with Gasteiger partial charge in [0.1, 0.15) is 0 Å². The van der Waals surface area contributed by atoms with Crippen LogP contribution in [0.1, 0.15) is 38.5 Å². The average molecular weight is 281 g/mol. The van der Waals surface area contributed by atoms with Crippen LogP contribution in [0.25, 0.3) is 0 Å². The Morgan fingerprint density at radius 3 is 2.10 bits per heavy atom. The third-order valence-electron chi connectivity index (χ3n) is 5.49. The second-order valence-electron chi connectivity index (χ2n) is 6.93. The van der Waals surface area contributed by atoms with Crippen molar-refractivity contribution in [2.45, 2.75) is 44.6 Å². The number of hydrogen-bond donors (Lipinski definition) is 2. The molecule has 4 fully saturated rings. The van der Waals surface area contributed by atoms with E-state index in [1.807, 2.05) is 0 Å². The monoisotopic (exact) mass is 281 g/mol. The van der Waals surface area contributed by atoms with Crippen molar-refractivity contribution < 1.29 is 19.4 Å². The summed E-state index contributed by atoms with van der Waals surface area (Å²) >= 11 is 0. The Morgan fingerprint density at radius 1 is 1.20 bits per heavy atom. The number of rotatable bonds is 4. The van der Waals surface area contributed by atoms with Gasteiger partial charge in [-0.1, -0.05) is 0 Å². The van der Waals surface area contributed by atoms with Crippen molar-refractivity contribution >= 4 is 11.9 Å². The fraction of sp³-hybridized carbons (Fsp3) is 0.867. The van der Waals surface area contributed by atoms with E-state index < -0.39 is 18.6 Å². The van der Waals surface area contributed by atoms with Crippen LogP contribution >= 0.6 is 0 Å². The summed E-state index contributed by atoms with van der Waals surface area (Å²) in [5.41, 5.74) is -0.295. The Bertz CT molecular complexity index is 385. The van der Waals surface area contributed by atoms with E-state index in [-0.39, 0.29) is 11.3 Å². The van der Waals surface area contributed by atoms with Gasteiger partial charge in [0, 0.05) is 5.41 Å². The van der Waals surface area contributed by atoms with Gasteiger partial charge in [0.05, 0.1) is 13.7 Å². The Morgan fingerprint density at radius 2 is 1.70 bits per heavy atom. The van der Waals surface area contributed by atoms with E-state index in [1.54, 1.807) is 0 Å². The predicted octanol–water partition coefficient (Wildman–Crippen LogP) is 0.853. The predicted molar refractivity (Wildman–Crippen MR) is 71.6 cm³/mol. The molecule has 0 aromatic carbocycles. The van der Waals surface area contributed by atoms with E-state index in [4.69, 9.17) is 0 Å². The fourth-order valence-corrected chi connectivity index (χ4v) is 5.02. The first-order valence-electron chi connectivity index (χ1n) is 7.56. The number of carbonyl (C=O) groups excluding carboxylic acids is 2. The Labute approximate surface area is 119 Å². The number of hydrogen-bond acceptors (Lipinski definition) is 4. The first-order chi connectivity index (χ1) is 9.56. The van der Waals surface area contributed by atoms with Gasteiger partial charge in [0.15, 0.2) is 6.04 Å². The van der Waals surface area contributed by atoms with E-state index in [2.05, 4.69) is 10.1 Å². The lowest BCUT2D eigenvalue weighted by Gasteiger charge is -2.55. The van der Waals surface area contributed by atoms with Crippen LogP contribution in [0.15, 0.2) is 0 Å².